The van der Waals surface area contributed by atoms with Gasteiger partial charge in [0.2, 0.25) is 5.91 Å². The van der Waals surface area contributed by atoms with Gasteiger partial charge in [0, 0.05) is 23.6 Å². The number of benzene rings is 1. The summed E-state index contributed by atoms with van der Waals surface area (Å²) in [6.45, 7) is 2.32. The van der Waals surface area contributed by atoms with E-state index in [9.17, 15) is 10.1 Å². The highest BCUT2D eigenvalue weighted by atomic mass is 16.5. The molecule has 4 rings (SSSR count). The lowest BCUT2D eigenvalue weighted by atomic mass is 9.87. The third-order valence-electron chi connectivity index (χ3n) is 5.37. The van der Waals surface area contributed by atoms with Crippen LogP contribution >= 0.6 is 0 Å². The zero-order chi connectivity index (χ0) is 19.5. The SMILES string of the molecule is CNCC(=O)N1CC(Oc2cc(C3C=C(C#N)C=CC3)cc3c2CNC=C3)C1. The van der Waals surface area contributed by atoms with Crippen molar-refractivity contribution in [1.29, 1.82) is 5.26 Å². The van der Waals surface area contributed by atoms with Crippen LogP contribution in [-0.4, -0.2) is 43.6 Å². The lowest BCUT2D eigenvalue weighted by Gasteiger charge is -2.39. The fourth-order valence-corrected chi connectivity index (χ4v) is 3.80. The Labute approximate surface area is 165 Å². The second-order valence-electron chi connectivity index (χ2n) is 7.35. The molecule has 28 heavy (non-hydrogen) atoms. The minimum atomic E-state index is 0.0162. The number of amides is 1. The van der Waals surface area contributed by atoms with Gasteiger partial charge in [-0.3, -0.25) is 4.79 Å². The van der Waals surface area contributed by atoms with Gasteiger partial charge in [-0.05, 0) is 49.0 Å². The van der Waals surface area contributed by atoms with Crippen LogP contribution < -0.4 is 15.4 Å². The van der Waals surface area contributed by atoms with Crippen LogP contribution in [0.2, 0.25) is 0 Å². The molecule has 1 saturated heterocycles. The maximum absolute atomic E-state index is 11.9. The first-order valence-electron chi connectivity index (χ1n) is 9.62. The molecule has 3 aliphatic rings. The molecule has 1 aromatic carbocycles. The number of likely N-dealkylation sites (N-methyl/N-ethyl adjacent to an activating group) is 1. The Kier molecular flexibility index (Phi) is 5.18. The Hall–Kier alpha value is -3.04. The lowest BCUT2D eigenvalue weighted by molar-refractivity contribution is -0.138. The number of ether oxygens (including phenoxy) is 1. The molecule has 0 radical (unpaired) electrons. The summed E-state index contributed by atoms with van der Waals surface area (Å²) in [7, 11) is 1.77. The van der Waals surface area contributed by atoms with Crippen molar-refractivity contribution in [2.24, 2.45) is 0 Å². The predicted octanol–water partition coefficient (Wildman–Crippen LogP) is 2.06. The number of hydrogen-bond acceptors (Lipinski definition) is 5. The summed E-state index contributed by atoms with van der Waals surface area (Å²) in [5, 5.41) is 15.4. The third-order valence-corrected chi connectivity index (χ3v) is 5.37. The summed E-state index contributed by atoms with van der Waals surface area (Å²) in [6, 6.07) is 6.53. The quantitative estimate of drug-likeness (QED) is 0.823. The van der Waals surface area contributed by atoms with Crippen molar-refractivity contribution in [3.63, 3.8) is 0 Å². The number of carbonyl (C=O) groups is 1. The molecule has 6 heteroatoms. The minimum Gasteiger partial charge on any atom is -0.486 e. The van der Waals surface area contributed by atoms with E-state index in [-0.39, 0.29) is 17.9 Å². The van der Waals surface area contributed by atoms with E-state index in [2.05, 4.69) is 41.0 Å². The Balaban J connectivity index is 1.55. The third kappa shape index (κ3) is 3.67. The number of fused-ring (bicyclic) bond motifs is 1. The molecule has 0 aromatic heterocycles. The van der Waals surface area contributed by atoms with Gasteiger partial charge in [0.15, 0.2) is 0 Å². The van der Waals surface area contributed by atoms with Crippen molar-refractivity contribution in [2.45, 2.75) is 25.0 Å². The van der Waals surface area contributed by atoms with Gasteiger partial charge in [-0.2, -0.15) is 5.26 Å². The number of likely N-dealkylation sites (tertiary alicyclic amines) is 1. The molecule has 1 atom stereocenters. The molecule has 1 fully saturated rings. The van der Waals surface area contributed by atoms with E-state index in [1.54, 1.807) is 7.05 Å². The molecule has 1 aliphatic carbocycles. The van der Waals surface area contributed by atoms with Crippen LogP contribution in [0.3, 0.4) is 0 Å². The fraction of sp³-hybridized carbons (Fsp3) is 0.364. The number of rotatable bonds is 5. The normalized spacial score (nSPS) is 20.5. The zero-order valence-electron chi connectivity index (χ0n) is 15.9. The first-order valence-corrected chi connectivity index (χ1v) is 9.62. The van der Waals surface area contributed by atoms with Gasteiger partial charge in [0.25, 0.3) is 0 Å². The summed E-state index contributed by atoms with van der Waals surface area (Å²) in [4.78, 5) is 13.7. The molecule has 144 valence electrons. The Morgan fingerprint density at radius 2 is 2.25 bits per heavy atom. The smallest absolute Gasteiger partial charge is 0.236 e. The van der Waals surface area contributed by atoms with Crippen LogP contribution in [0.25, 0.3) is 6.08 Å². The van der Waals surface area contributed by atoms with Crippen LogP contribution in [0, 0.1) is 11.3 Å². The summed E-state index contributed by atoms with van der Waals surface area (Å²) < 4.78 is 6.30. The Morgan fingerprint density at radius 1 is 1.39 bits per heavy atom. The number of hydrogen-bond donors (Lipinski definition) is 2. The molecule has 2 aliphatic heterocycles. The first-order chi connectivity index (χ1) is 13.7. The highest BCUT2D eigenvalue weighted by Gasteiger charge is 2.32. The topological polar surface area (TPSA) is 77.4 Å². The Bertz CT molecular complexity index is 904. The van der Waals surface area contributed by atoms with Gasteiger partial charge in [0.05, 0.1) is 25.7 Å². The summed E-state index contributed by atoms with van der Waals surface area (Å²) in [5.41, 5.74) is 4.14. The van der Waals surface area contributed by atoms with Gasteiger partial charge < -0.3 is 20.3 Å². The number of allylic oxidation sites excluding steroid dienone is 4. The molecule has 0 saturated carbocycles. The maximum Gasteiger partial charge on any atom is 0.236 e. The van der Waals surface area contributed by atoms with E-state index < -0.39 is 0 Å². The van der Waals surface area contributed by atoms with Crippen LogP contribution in [0.4, 0.5) is 0 Å². The highest BCUT2D eigenvalue weighted by Crippen LogP contribution is 2.35. The van der Waals surface area contributed by atoms with E-state index in [1.165, 1.54) is 0 Å². The van der Waals surface area contributed by atoms with Crippen molar-refractivity contribution >= 4 is 12.0 Å². The minimum absolute atomic E-state index is 0.0162. The predicted molar refractivity (Wildman–Crippen MR) is 107 cm³/mol. The van der Waals surface area contributed by atoms with Gasteiger partial charge in [-0.1, -0.05) is 18.2 Å². The highest BCUT2D eigenvalue weighted by molar-refractivity contribution is 5.79. The van der Waals surface area contributed by atoms with Crippen molar-refractivity contribution < 1.29 is 9.53 Å². The molecular weight excluding hydrogens is 352 g/mol. The van der Waals surface area contributed by atoms with Crippen LogP contribution in [0.1, 0.15) is 29.0 Å². The molecule has 1 aromatic rings. The number of nitrogens with one attached hydrogen (secondary N) is 2. The molecule has 2 heterocycles. The average Bonchev–Trinajstić information content (AvgIpc) is 2.70. The monoisotopic (exact) mass is 376 g/mol. The summed E-state index contributed by atoms with van der Waals surface area (Å²) in [6.07, 6.45) is 10.9. The average molecular weight is 376 g/mol. The van der Waals surface area contributed by atoms with E-state index in [0.717, 1.165) is 35.4 Å². The Morgan fingerprint density at radius 3 is 3.04 bits per heavy atom. The lowest BCUT2D eigenvalue weighted by Crippen LogP contribution is -2.57. The van der Waals surface area contributed by atoms with E-state index in [0.29, 0.717) is 25.2 Å². The molecule has 1 unspecified atom stereocenters. The van der Waals surface area contributed by atoms with Gasteiger partial charge in [-0.25, -0.2) is 0 Å². The molecule has 0 spiro atoms. The van der Waals surface area contributed by atoms with Gasteiger partial charge in [0.1, 0.15) is 11.9 Å². The van der Waals surface area contributed by atoms with Gasteiger partial charge in [-0.15, -0.1) is 0 Å². The van der Waals surface area contributed by atoms with Crippen LogP contribution in [-0.2, 0) is 11.3 Å². The zero-order valence-corrected chi connectivity index (χ0v) is 15.9. The van der Waals surface area contributed by atoms with Crippen molar-refractivity contribution in [1.82, 2.24) is 15.5 Å². The van der Waals surface area contributed by atoms with Crippen LogP contribution in [0.5, 0.6) is 5.75 Å². The largest absolute Gasteiger partial charge is 0.486 e. The summed E-state index contributed by atoms with van der Waals surface area (Å²) >= 11 is 0. The second-order valence-corrected chi connectivity index (χ2v) is 7.35. The van der Waals surface area contributed by atoms with Crippen molar-refractivity contribution in [3.8, 4) is 11.8 Å². The number of nitriles is 1. The van der Waals surface area contributed by atoms with E-state index >= 15 is 0 Å². The standard InChI is InChI=1S/C22H24N4O2/c1-24-12-22(27)26-13-19(14-26)28-21-9-18(8-17-5-6-25-11-20(17)21)16-4-2-3-15(7-16)10-23/h2-3,5-9,16,19,24-25H,4,11-14H2,1H3. The maximum atomic E-state index is 11.9. The molecular formula is C22H24N4O2. The van der Waals surface area contributed by atoms with Crippen LogP contribution in [0.15, 0.2) is 42.1 Å². The number of nitrogens with zero attached hydrogens (tertiary/aromatic N) is 2. The summed E-state index contributed by atoms with van der Waals surface area (Å²) in [5.74, 6) is 1.15. The molecule has 6 nitrogen and oxygen atoms in total. The second kappa shape index (κ2) is 7.91. The first kappa shape index (κ1) is 18.3. The van der Waals surface area contributed by atoms with Crippen molar-refractivity contribution in [3.05, 3.63) is 58.8 Å². The molecule has 1 amide bonds. The number of carbonyl (C=O) groups excluding carboxylic acids is 1. The van der Waals surface area contributed by atoms with E-state index in [1.807, 2.05) is 23.3 Å². The van der Waals surface area contributed by atoms with Crippen molar-refractivity contribution in [2.75, 3.05) is 26.7 Å². The van der Waals surface area contributed by atoms with E-state index in [4.69, 9.17) is 4.74 Å². The molecule has 2 N–H and O–H groups in total. The fourth-order valence-electron chi connectivity index (χ4n) is 3.80. The molecule has 0 bridgehead atoms. The van der Waals surface area contributed by atoms with Gasteiger partial charge >= 0.3 is 0 Å².